The van der Waals surface area contributed by atoms with E-state index in [1.54, 1.807) is 12.4 Å². The number of hydrogen-bond acceptors (Lipinski definition) is 3. The number of hydrogen-bond donors (Lipinski definition) is 1. The molecule has 0 fully saturated rings. The lowest BCUT2D eigenvalue weighted by atomic mass is 10.0. The highest BCUT2D eigenvalue weighted by molar-refractivity contribution is 7.71. The summed E-state index contributed by atoms with van der Waals surface area (Å²) in [5.41, 5.74) is 3.46. The van der Waals surface area contributed by atoms with Crippen molar-refractivity contribution in [2.24, 2.45) is 0 Å². The molecular formula is C17H10N4S. The predicted octanol–water partition coefficient (Wildman–Crippen LogP) is 4.11. The van der Waals surface area contributed by atoms with Crippen LogP contribution in [0.1, 0.15) is 5.56 Å². The van der Waals surface area contributed by atoms with E-state index in [0.717, 1.165) is 27.5 Å². The normalized spacial score (nSPS) is 10.9. The Morgan fingerprint density at radius 1 is 1.09 bits per heavy atom. The van der Waals surface area contributed by atoms with Crippen LogP contribution in [0.4, 0.5) is 0 Å². The largest absolute Gasteiger partial charge is 0.330 e. The van der Waals surface area contributed by atoms with Crippen molar-refractivity contribution in [3.8, 4) is 11.8 Å². The van der Waals surface area contributed by atoms with Crippen molar-refractivity contribution < 1.29 is 0 Å². The lowest BCUT2D eigenvalue weighted by Gasteiger charge is -2.10. The first-order valence-electron chi connectivity index (χ1n) is 6.76. The van der Waals surface area contributed by atoms with Gasteiger partial charge in [0.1, 0.15) is 0 Å². The summed E-state index contributed by atoms with van der Waals surface area (Å²) in [5, 5.41) is 11.2. The van der Waals surface area contributed by atoms with E-state index >= 15 is 0 Å². The summed E-state index contributed by atoms with van der Waals surface area (Å²) in [6, 6.07) is 15.7. The first kappa shape index (κ1) is 12.7. The second-order valence-corrected chi connectivity index (χ2v) is 5.33. The van der Waals surface area contributed by atoms with Gasteiger partial charge >= 0.3 is 0 Å². The number of aromatic amines is 1. The highest BCUT2D eigenvalue weighted by atomic mass is 32.1. The van der Waals surface area contributed by atoms with Crippen LogP contribution in [-0.4, -0.2) is 14.5 Å². The first-order chi connectivity index (χ1) is 10.8. The molecule has 0 radical (unpaired) electrons. The molecule has 2 aromatic heterocycles. The molecule has 2 aromatic carbocycles. The fourth-order valence-electron chi connectivity index (χ4n) is 2.77. The van der Waals surface area contributed by atoms with Crippen molar-refractivity contribution in [3.05, 3.63) is 65.2 Å². The van der Waals surface area contributed by atoms with Crippen molar-refractivity contribution in [2.75, 3.05) is 0 Å². The second-order valence-electron chi connectivity index (χ2n) is 4.95. The van der Waals surface area contributed by atoms with Crippen LogP contribution in [0.25, 0.3) is 27.5 Å². The molecule has 0 aliphatic heterocycles. The highest BCUT2D eigenvalue weighted by Gasteiger charge is 2.11. The molecule has 104 valence electrons. The summed E-state index contributed by atoms with van der Waals surface area (Å²) in [5.74, 6) is 0. The van der Waals surface area contributed by atoms with Crippen molar-refractivity contribution in [1.82, 2.24) is 14.5 Å². The Kier molecular flexibility index (Phi) is 2.78. The summed E-state index contributed by atoms with van der Waals surface area (Å²) >= 11 is 5.47. The van der Waals surface area contributed by atoms with Crippen LogP contribution >= 0.6 is 12.2 Å². The third kappa shape index (κ3) is 1.75. The lowest BCUT2D eigenvalue weighted by Crippen LogP contribution is -1.96. The molecule has 0 saturated carbocycles. The molecule has 0 saturated heterocycles. The van der Waals surface area contributed by atoms with Crippen molar-refractivity contribution >= 4 is 34.0 Å². The van der Waals surface area contributed by atoms with Crippen molar-refractivity contribution in [2.45, 2.75) is 0 Å². The Bertz CT molecular complexity index is 1110. The van der Waals surface area contributed by atoms with E-state index in [9.17, 15) is 5.26 Å². The van der Waals surface area contributed by atoms with Crippen LogP contribution in [-0.2, 0) is 0 Å². The molecule has 0 aliphatic carbocycles. The average Bonchev–Trinajstić information content (AvgIpc) is 2.89. The second kappa shape index (κ2) is 4.79. The smallest absolute Gasteiger partial charge is 0.182 e. The van der Waals surface area contributed by atoms with Crippen LogP contribution in [0.2, 0.25) is 0 Å². The zero-order valence-corrected chi connectivity index (χ0v) is 12.3. The van der Waals surface area contributed by atoms with E-state index in [-0.39, 0.29) is 0 Å². The molecule has 22 heavy (non-hydrogen) atoms. The number of benzene rings is 2. The maximum atomic E-state index is 9.29. The molecule has 0 atom stereocenters. The lowest BCUT2D eigenvalue weighted by molar-refractivity contribution is 1.07. The predicted molar refractivity (Wildman–Crippen MR) is 88.5 cm³/mol. The number of pyridine rings is 1. The SMILES string of the molecule is N#Cc1ccc(-n2c(=S)[nH]c3ccncc32)c2ccccc12. The van der Waals surface area contributed by atoms with Crippen molar-refractivity contribution in [3.63, 3.8) is 0 Å². The van der Waals surface area contributed by atoms with Crippen molar-refractivity contribution in [1.29, 1.82) is 5.26 Å². The van der Waals surface area contributed by atoms with Crippen LogP contribution in [0.5, 0.6) is 0 Å². The maximum absolute atomic E-state index is 9.29. The van der Waals surface area contributed by atoms with Crippen LogP contribution in [0.3, 0.4) is 0 Å². The minimum Gasteiger partial charge on any atom is -0.330 e. The zero-order chi connectivity index (χ0) is 15.1. The number of imidazole rings is 1. The highest BCUT2D eigenvalue weighted by Crippen LogP contribution is 2.28. The standard InChI is InChI=1S/C17H10N4S/c18-9-11-5-6-15(13-4-2-1-3-12(11)13)21-16-10-19-8-7-14(16)20-17(21)22/h1-8,10H,(H,20,22). The van der Waals surface area contributed by atoms with E-state index in [1.807, 2.05) is 47.0 Å². The van der Waals surface area contributed by atoms with Gasteiger partial charge in [-0.2, -0.15) is 5.26 Å². The summed E-state index contributed by atoms with van der Waals surface area (Å²) in [7, 11) is 0. The van der Waals surface area contributed by atoms with E-state index in [0.29, 0.717) is 10.3 Å². The molecule has 0 spiro atoms. The number of aromatic nitrogens is 3. The Morgan fingerprint density at radius 3 is 2.73 bits per heavy atom. The summed E-state index contributed by atoms with van der Waals surface area (Å²) in [6.07, 6.45) is 3.52. The van der Waals surface area contributed by atoms with E-state index in [1.165, 1.54) is 0 Å². The maximum Gasteiger partial charge on any atom is 0.182 e. The van der Waals surface area contributed by atoms with Gasteiger partial charge in [-0.15, -0.1) is 0 Å². The minimum absolute atomic E-state index is 0.609. The van der Waals surface area contributed by atoms with E-state index in [2.05, 4.69) is 16.0 Å². The van der Waals surface area contributed by atoms with Gasteiger partial charge in [0.2, 0.25) is 0 Å². The summed E-state index contributed by atoms with van der Waals surface area (Å²) < 4.78 is 2.57. The monoisotopic (exact) mass is 302 g/mol. The van der Waals surface area contributed by atoms with Crippen LogP contribution in [0, 0.1) is 16.1 Å². The zero-order valence-electron chi connectivity index (χ0n) is 11.4. The van der Waals surface area contributed by atoms with Gasteiger partial charge in [0.05, 0.1) is 34.6 Å². The summed E-state index contributed by atoms with van der Waals surface area (Å²) in [6.45, 7) is 0. The summed E-state index contributed by atoms with van der Waals surface area (Å²) in [4.78, 5) is 7.38. The molecular weight excluding hydrogens is 292 g/mol. The number of nitrogens with one attached hydrogen (secondary N) is 1. The van der Waals surface area contributed by atoms with Gasteiger partial charge in [-0.1, -0.05) is 24.3 Å². The molecule has 0 aliphatic rings. The topological polar surface area (TPSA) is 57.4 Å². The quantitative estimate of drug-likeness (QED) is 0.538. The minimum atomic E-state index is 0.609. The van der Waals surface area contributed by atoms with E-state index in [4.69, 9.17) is 12.2 Å². The van der Waals surface area contributed by atoms with Gasteiger partial charge in [0.15, 0.2) is 4.77 Å². The number of rotatable bonds is 1. The Morgan fingerprint density at radius 2 is 1.91 bits per heavy atom. The Hall–Kier alpha value is -2.97. The molecule has 2 heterocycles. The molecule has 4 aromatic rings. The fraction of sp³-hybridized carbons (Fsp3) is 0. The van der Waals surface area contributed by atoms with Gasteiger partial charge in [0, 0.05) is 17.0 Å². The van der Waals surface area contributed by atoms with Gasteiger partial charge < -0.3 is 4.98 Å². The molecule has 0 amide bonds. The molecule has 4 rings (SSSR count). The first-order valence-corrected chi connectivity index (χ1v) is 7.17. The number of nitriles is 1. The molecule has 0 unspecified atom stereocenters. The fourth-order valence-corrected chi connectivity index (χ4v) is 3.07. The van der Waals surface area contributed by atoms with E-state index < -0.39 is 0 Å². The number of H-pyrrole nitrogens is 1. The van der Waals surface area contributed by atoms with Gasteiger partial charge in [0.25, 0.3) is 0 Å². The molecule has 1 N–H and O–H groups in total. The Balaban J connectivity index is 2.17. The van der Waals surface area contributed by atoms with Crippen LogP contribution in [0.15, 0.2) is 54.9 Å². The van der Waals surface area contributed by atoms with Gasteiger partial charge in [-0.25, -0.2) is 0 Å². The third-order valence-electron chi connectivity index (χ3n) is 3.75. The van der Waals surface area contributed by atoms with Gasteiger partial charge in [-0.3, -0.25) is 9.55 Å². The average molecular weight is 302 g/mol. The number of nitrogens with zero attached hydrogens (tertiary/aromatic N) is 3. The van der Waals surface area contributed by atoms with Crippen LogP contribution < -0.4 is 0 Å². The van der Waals surface area contributed by atoms with Gasteiger partial charge in [-0.05, 0) is 30.4 Å². The Labute approximate surface area is 131 Å². The molecule has 5 heteroatoms. The number of fused-ring (bicyclic) bond motifs is 2. The third-order valence-corrected chi connectivity index (χ3v) is 4.03. The molecule has 4 nitrogen and oxygen atoms in total. The molecule has 0 bridgehead atoms.